The van der Waals surface area contributed by atoms with Gasteiger partial charge in [-0.1, -0.05) is 13.8 Å². The van der Waals surface area contributed by atoms with E-state index in [4.69, 9.17) is 0 Å². The zero-order chi connectivity index (χ0) is 13.5. The number of carbonyl (C=O) groups is 1. The number of carbonyl (C=O) groups excluding carboxylic acids is 1. The molecule has 0 aliphatic carbocycles. The second-order valence-electron chi connectivity index (χ2n) is 4.06. The Labute approximate surface area is 121 Å². The molecule has 3 nitrogen and oxygen atoms in total. The van der Waals surface area contributed by atoms with Gasteiger partial charge in [-0.05, 0) is 53.6 Å². The quantitative estimate of drug-likeness (QED) is 0.762. The molecule has 0 spiro atoms. The highest BCUT2D eigenvalue weighted by Crippen LogP contribution is 2.18. The van der Waals surface area contributed by atoms with E-state index in [0.29, 0.717) is 0 Å². The number of hydrogen-bond acceptors (Lipinski definition) is 2. The molecule has 100 valence electrons. The van der Waals surface area contributed by atoms with Crippen LogP contribution in [0.2, 0.25) is 0 Å². The van der Waals surface area contributed by atoms with Gasteiger partial charge in [0.15, 0.2) is 0 Å². The maximum Gasteiger partial charge on any atom is 0.239 e. The van der Waals surface area contributed by atoms with Crippen LogP contribution in [0.25, 0.3) is 0 Å². The van der Waals surface area contributed by atoms with Crippen LogP contribution in [0.4, 0.5) is 10.1 Å². The molecule has 0 heterocycles. The van der Waals surface area contributed by atoms with E-state index in [2.05, 4.69) is 10.6 Å². The summed E-state index contributed by atoms with van der Waals surface area (Å²) >= 11 is 2.04. The Morgan fingerprint density at radius 2 is 2.06 bits per heavy atom. The minimum Gasteiger partial charge on any atom is -0.375 e. The van der Waals surface area contributed by atoms with Crippen LogP contribution >= 0.6 is 22.6 Å². The number of halogens is 2. The summed E-state index contributed by atoms with van der Waals surface area (Å²) in [6, 6.07) is 4.68. The lowest BCUT2D eigenvalue weighted by Gasteiger charge is -2.15. The third-order valence-electron chi connectivity index (χ3n) is 2.72. The Balaban J connectivity index is 2.47. The van der Waals surface area contributed by atoms with Gasteiger partial charge in [-0.2, -0.15) is 0 Å². The Hall–Kier alpha value is -0.850. The van der Waals surface area contributed by atoms with Crippen molar-refractivity contribution >= 4 is 34.2 Å². The van der Waals surface area contributed by atoms with Crippen molar-refractivity contribution in [2.45, 2.75) is 32.7 Å². The van der Waals surface area contributed by atoms with Gasteiger partial charge in [0, 0.05) is 15.3 Å². The first-order valence-corrected chi connectivity index (χ1v) is 7.13. The van der Waals surface area contributed by atoms with Crippen molar-refractivity contribution in [1.82, 2.24) is 5.32 Å². The van der Waals surface area contributed by atoms with Gasteiger partial charge in [-0.3, -0.25) is 4.79 Å². The minimum atomic E-state index is -0.272. The van der Waals surface area contributed by atoms with Crippen molar-refractivity contribution < 1.29 is 9.18 Å². The lowest BCUT2D eigenvalue weighted by molar-refractivity contribution is -0.120. The van der Waals surface area contributed by atoms with E-state index in [0.717, 1.165) is 22.1 Å². The molecule has 0 aliphatic heterocycles. The number of hydrogen-bond donors (Lipinski definition) is 2. The molecule has 1 aromatic rings. The summed E-state index contributed by atoms with van der Waals surface area (Å²) in [5.74, 6) is -0.310. The third kappa shape index (κ3) is 4.80. The van der Waals surface area contributed by atoms with Gasteiger partial charge in [0.05, 0.1) is 6.54 Å². The van der Waals surface area contributed by atoms with Crippen molar-refractivity contribution in [1.29, 1.82) is 0 Å². The van der Waals surface area contributed by atoms with E-state index < -0.39 is 0 Å². The van der Waals surface area contributed by atoms with Gasteiger partial charge < -0.3 is 10.6 Å². The topological polar surface area (TPSA) is 41.1 Å². The van der Waals surface area contributed by atoms with E-state index >= 15 is 0 Å². The van der Waals surface area contributed by atoms with Crippen LogP contribution in [0.15, 0.2) is 18.2 Å². The first-order valence-electron chi connectivity index (χ1n) is 6.05. The predicted octanol–water partition coefficient (Wildman–Crippen LogP) is 3.15. The zero-order valence-corrected chi connectivity index (χ0v) is 12.8. The lowest BCUT2D eigenvalue weighted by atomic mass is 10.2. The average Bonchev–Trinajstić information content (AvgIpc) is 2.35. The molecule has 2 N–H and O–H groups in total. The largest absolute Gasteiger partial charge is 0.375 e. The number of benzene rings is 1. The smallest absolute Gasteiger partial charge is 0.239 e. The van der Waals surface area contributed by atoms with Crippen LogP contribution in [-0.4, -0.2) is 18.5 Å². The normalized spacial score (nSPS) is 10.5. The third-order valence-corrected chi connectivity index (χ3v) is 3.61. The molecule has 0 saturated carbocycles. The number of anilines is 1. The van der Waals surface area contributed by atoms with E-state index in [1.165, 1.54) is 12.1 Å². The molecule has 0 atom stereocenters. The summed E-state index contributed by atoms with van der Waals surface area (Å²) < 4.78 is 13.7. The number of rotatable bonds is 6. The van der Waals surface area contributed by atoms with Crippen LogP contribution in [0.5, 0.6) is 0 Å². The number of amides is 1. The Kier molecular flexibility index (Phi) is 6.38. The molecule has 5 heteroatoms. The summed E-state index contributed by atoms with van der Waals surface area (Å²) in [6.45, 7) is 4.30. The highest BCUT2D eigenvalue weighted by Gasteiger charge is 2.08. The molecule has 0 aromatic heterocycles. The maximum atomic E-state index is 12.9. The van der Waals surface area contributed by atoms with Crippen molar-refractivity contribution in [2.75, 3.05) is 11.9 Å². The van der Waals surface area contributed by atoms with E-state index in [1.807, 2.05) is 36.4 Å². The van der Waals surface area contributed by atoms with Crippen molar-refractivity contribution in [3.05, 3.63) is 27.6 Å². The summed E-state index contributed by atoms with van der Waals surface area (Å²) in [5, 5.41) is 5.95. The highest BCUT2D eigenvalue weighted by atomic mass is 127. The monoisotopic (exact) mass is 364 g/mol. The summed E-state index contributed by atoms with van der Waals surface area (Å²) in [5.41, 5.74) is 0.775. The molecule has 0 unspecified atom stereocenters. The van der Waals surface area contributed by atoms with Crippen LogP contribution in [-0.2, 0) is 4.79 Å². The molecule has 18 heavy (non-hydrogen) atoms. The van der Waals surface area contributed by atoms with Gasteiger partial charge in [0.25, 0.3) is 0 Å². The fourth-order valence-electron chi connectivity index (χ4n) is 1.58. The van der Waals surface area contributed by atoms with E-state index in [9.17, 15) is 9.18 Å². The van der Waals surface area contributed by atoms with Crippen molar-refractivity contribution in [3.63, 3.8) is 0 Å². The molecule has 1 aromatic carbocycles. The highest BCUT2D eigenvalue weighted by molar-refractivity contribution is 14.1. The average molecular weight is 364 g/mol. The molecule has 0 fully saturated rings. The van der Waals surface area contributed by atoms with Crippen molar-refractivity contribution in [3.8, 4) is 0 Å². The number of nitrogens with one attached hydrogen (secondary N) is 2. The predicted molar refractivity (Wildman–Crippen MR) is 80.1 cm³/mol. The Morgan fingerprint density at radius 1 is 1.39 bits per heavy atom. The molecule has 0 aliphatic rings. The Bertz CT molecular complexity index is 408. The van der Waals surface area contributed by atoms with Gasteiger partial charge >= 0.3 is 0 Å². The summed E-state index contributed by atoms with van der Waals surface area (Å²) in [4.78, 5) is 11.7. The fourth-order valence-corrected chi connectivity index (χ4v) is 2.25. The molecular weight excluding hydrogens is 346 g/mol. The summed E-state index contributed by atoms with van der Waals surface area (Å²) in [6.07, 6.45) is 1.85. The zero-order valence-electron chi connectivity index (χ0n) is 10.6. The lowest BCUT2D eigenvalue weighted by Crippen LogP contribution is -2.37. The van der Waals surface area contributed by atoms with E-state index in [1.54, 1.807) is 6.07 Å². The van der Waals surface area contributed by atoms with Crippen LogP contribution < -0.4 is 10.6 Å². The second-order valence-corrected chi connectivity index (χ2v) is 5.22. The molecule has 0 saturated heterocycles. The molecule has 1 amide bonds. The van der Waals surface area contributed by atoms with E-state index in [-0.39, 0.29) is 24.3 Å². The van der Waals surface area contributed by atoms with Gasteiger partial charge in [-0.15, -0.1) is 0 Å². The van der Waals surface area contributed by atoms with Crippen molar-refractivity contribution in [2.24, 2.45) is 0 Å². The fraction of sp³-hybridized carbons (Fsp3) is 0.462. The maximum absolute atomic E-state index is 12.9. The Morgan fingerprint density at radius 3 is 2.61 bits per heavy atom. The van der Waals surface area contributed by atoms with Gasteiger partial charge in [0.2, 0.25) is 5.91 Å². The molecule has 0 radical (unpaired) electrons. The first-order chi connectivity index (χ1) is 8.56. The van der Waals surface area contributed by atoms with Crippen LogP contribution in [0.3, 0.4) is 0 Å². The minimum absolute atomic E-state index is 0.0381. The van der Waals surface area contributed by atoms with Crippen LogP contribution in [0.1, 0.15) is 26.7 Å². The SMILES string of the molecule is CCC(CC)NC(=O)CNc1ccc(F)cc1I. The molecular formula is C13H18FIN2O. The standard InChI is InChI=1S/C13H18FIN2O/c1-3-10(4-2)17-13(18)8-16-12-6-5-9(14)7-11(12)15/h5-7,10,16H,3-4,8H2,1-2H3,(H,17,18). The van der Waals surface area contributed by atoms with Gasteiger partial charge in [-0.25, -0.2) is 4.39 Å². The van der Waals surface area contributed by atoms with Crippen LogP contribution in [0, 0.1) is 9.39 Å². The first kappa shape index (κ1) is 15.2. The summed E-state index contributed by atoms with van der Waals surface area (Å²) in [7, 11) is 0. The molecule has 0 bridgehead atoms. The van der Waals surface area contributed by atoms with Gasteiger partial charge in [0.1, 0.15) is 5.82 Å². The molecule has 1 rings (SSSR count). The second kappa shape index (κ2) is 7.56.